The van der Waals surface area contributed by atoms with Crippen LogP contribution >= 0.6 is 11.6 Å². The van der Waals surface area contributed by atoms with Crippen molar-refractivity contribution in [3.8, 4) is 17.2 Å². The van der Waals surface area contributed by atoms with Crippen LogP contribution in [0.5, 0.6) is 11.5 Å². The fourth-order valence-corrected chi connectivity index (χ4v) is 2.64. The summed E-state index contributed by atoms with van der Waals surface area (Å²) in [6.45, 7) is 1.77. The second kappa shape index (κ2) is 7.45. The first-order valence-electron chi connectivity index (χ1n) is 7.75. The van der Waals surface area contributed by atoms with Gasteiger partial charge in [-0.1, -0.05) is 16.8 Å². The molecule has 0 aliphatic heterocycles. The van der Waals surface area contributed by atoms with Crippen LogP contribution in [0, 0.1) is 6.92 Å². The van der Waals surface area contributed by atoms with Gasteiger partial charge in [0.05, 0.1) is 31.3 Å². The van der Waals surface area contributed by atoms with E-state index in [-0.39, 0.29) is 5.69 Å². The molecule has 0 atom stereocenters. The Morgan fingerprint density at radius 2 is 1.85 bits per heavy atom. The maximum absolute atomic E-state index is 12.6. The summed E-state index contributed by atoms with van der Waals surface area (Å²) in [4.78, 5) is 12.6. The van der Waals surface area contributed by atoms with Crippen molar-refractivity contribution < 1.29 is 14.3 Å². The highest BCUT2D eigenvalue weighted by Gasteiger charge is 2.19. The first-order valence-corrected chi connectivity index (χ1v) is 8.13. The van der Waals surface area contributed by atoms with Crippen LogP contribution in [0.4, 0.5) is 5.69 Å². The van der Waals surface area contributed by atoms with Gasteiger partial charge in [-0.2, -0.15) is 0 Å². The minimum absolute atomic E-state index is 0.211. The van der Waals surface area contributed by atoms with Gasteiger partial charge in [0.2, 0.25) is 0 Å². The highest BCUT2D eigenvalue weighted by Crippen LogP contribution is 2.28. The van der Waals surface area contributed by atoms with E-state index in [0.717, 1.165) is 11.4 Å². The molecule has 0 saturated carbocycles. The first-order chi connectivity index (χ1) is 12.5. The molecule has 0 bridgehead atoms. The van der Waals surface area contributed by atoms with Gasteiger partial charge in [0.25, 0.3) is 5.91 Å². The highest BCUT2D eigenvalue weighted by molar-refractivity contribution is 6.31. The molecule has 0 fully saturated rings. The molecular weight excluding hydrogens is 356 g/mol. The van der Waals surface area contributed by atoms with Crippen LogP contribution in [-0.2, 0) is 0 Å². The van der Waals surface area contributed by atoms with E-state index in [1.165, 1.54) is 7.11 Å². The predicted octanol–water partition coefficient (Wildman–Crippen LogP) is 3.50. The summed E-state index contributed by atoms with van der Waals surface area (Å²) in [7, 11) is 3.12. The van der Waals surface area contributed by atoms with E-state index in [0.29, 0.717) is 22.2 Å². The number of methoxy groups -OCH3 is 2. The topological polar surface area (TPSA) is 78.3 Å². The molecule has 0 aliphatic carbocycles. The van der Waals surface area contributed by atoms with Gasteiger partial charge in [-0.05, 0) is 49.4 Å². The lowest BCUT2D eigenvalue weighted by molar-refractivity contribution is 0.102. The largest absolute Gasteiger partial charge is 0.497 e. The van der Waals surface area contributed by atoms with Crippen molar-refractivity contribution in [1.82, 2.24) is 15.0 Å². The number of nitrogens with zero attached hydrogens (tertiary/aromatic N) is 3. The minimum atomic E-state index is -0.400. The third-order valence-corrected chi connectivity index (χ3v) is 4.07. The zero-order valence-electron chi connectivity index (χ0n) is 14.5. The maximum Gasteiger partial charge on any atom is 0.278 e. The Kier molecular flexibility index (Phi) is 5.09. The molecule has 8 heteroatoms. The van der Waals surface area contributed by atoms with Crippen molar-refractivity contribution in [2.75, 3.05) is 19.5 Å². The number of nitrogens with one attached hydrogen (secondary N) is 1. The smallest absolute Gasteiger partial charge is 0.278 e. The Balaban J connectivity index is 1.87. The van der Waals surface area contributed by atoms with Crippen LogP contribution in [0.3, 0.4) is 0 Å². The van der Waals surface area contributed by atoms with E-state index < -0.39 is 5.91 Å². The first kappa shape index (κ1) is 17.8. The van der Waals surface area contributed by atoms with Crippen molar-refractivity contribution in [2.24, 2.45) is 0 Å². The lowest BCUT2D eigenvalue weighted by atomic mass is 10.2. The van der Waals surface area contributed by atoms with Crippen LogP contribution in [0.25, 0.3) is 5.69 Å². The van der Waals surface area contributed by atoms with E-state index in [1.807, 2.05) is 24.3 Å². The monoisotopic (exact) mass is 372 g/mol. The van der Waals surface area contributed by atoms with E-state index >= 15 is 0 Å². The Hall–Kier alpha value is -3.06. The highest BCUT2D eigenvalue weighted by atomic mass is 35.5. The Morgan fingerprint density at radius 1 is 1.12 bits per heavy atom. The lowest BCUT2D eigenvalue weighted by Crippen LogP contribution is -2.15. The number of ether oxygens (including phenoxy) is 2. The number of carbonyl (C=O) groups excluding carboxylic acids is 1. The number of aromatic nitrogens is 3. The molecule has 0 unspecified atom stereocenters. The number of amides is 1. The number of carbonyl (C=O) groups is 1. The number of hydrogen-bond donors (Lipinski definition) is 1. The molecular formula is C18H17ClN4O3. The van der Waals surface area contributed by atoms with Crippen molar-refractivity contribution in [2.45, 2.75) is 6.92 Å². The fourth-order valence-electron chi connectivity index (χ4n) is 2.47. The van der Waals surface area contributed by atoms with Gasteiger partial charge in [-0.15, -0.1) is 5.10 Å². The van der Waals surface area contributed by atoms with Crippen LogP contribution < -0.4 is 14.8 Å². The summed E-state index contributed by atoms with van der Waals surface area (Å²) in [5.74, 6) is 0.836. The third kappa shape index (κ3) is 3.48. The molecule has 1 aromatic heterocycles. The van der Waals surface area contributed by atoms with Gasteiger partial charge in [0.1, 0.15) is 11.5 Å². The molecule has 3 rings (SSSR count). The molecule has 0 saturated heterocycles. The van der Waals surface area contributed by atoms with E-state index in [9.17, 15) is 4.79 Å². The zero-order valence-corrected chi connectivity index (χ0v) is 15.2. The minimum Gasteiger partial charge on any atom is -0.497 e. The summed E-state index contributed by atoms with van der Waals surface area (Å²) < 4.78 is 12.0. The quantitative estimate of drug-likeness (QED) is 0.741. The molecule has 134 valence electrons. The van der Waals surface area contributed by atoms with Crippen LogP contribution in [-0.4, -0.2) is 35.1 Å². The van der Waals surface area contributed by atoms with E-state index in [4.69, 9.17) is 21.1 Å². The van der Waals surface area contributed by atoms with E-state index in [2.05, 4.69) is 15.6 Å². The summed E-state index contributed by atoms with van der Waals surface area (Å²) >= 11 is 5.99. The average Bonchev–Trinajstić information content (AvgIpc) is 3.03. The SMILES string of the molecule is COc1ccc(-n2nnc(C(=O)Nc3cc(Cl)ccc3OC)c2C)cc1. The van der Waals surface area contributed by atoms with Gasteiger partial charge in [0, 0.05) is 5.02 Å². The van der Waals surface area contributed by atoms with Crippen molar-refractivity contribution in [3.63, 3.8) is 0 Å². The lowest BCUT2D eigenvalue weighted by Gasteiger charge is -2.10. The Labute approximate surface area is 155 Å². The molecule has 0 spiro atoms. The molecule has 1 heterocycles. The second-order valence-electron chi connectivity index (χ2n) is 5.43. The van der Waals surface area contributed by atoms with Gasteiger partial charge >= 0.3 is 0 Å². The standard InChI is InChI=1S/C18H17ClN4O3/c1-11-17(18(24)20-15-10-12(19)4-9-16(15)26-3)21-22-23(11)13-5-7-14(25-2)8-6-13/h4-10H,1-3H3,(H,20,24). The Bertz CT molecular complexity index is 938. The molecule has 0 radical (unpaired) electrons. The van der Waals surface area contributed by atoms with Crippen molar-refractivity contribution in [1.29, 1.82) is 0 Å². The molecule has 7 nitrogen and oxygen atoms in total. The maximum atomic E-state index is 12.6. The number of rotatable bonds is 5. The molecule has 1 N–H and O–H groups in total. The fraction of sp³-hybridized carbons (Fsp3) is 0.167. The van der Waals surface area contributed by atoms with Crippen LogP contribution in [0.2, 0.25) is 5.02 Å². The van der Waals surface area contributed by atoms with Crippen molar-refractivity contribution in [3.05, 3.63) is 58.9 Å². The van der Waals surface area contributed by atoms with Crippen molar-refractivity contribution >= 4 is 23.2 Å². The molecule has 3 aromatic rings. The molecule has 0 aliphatic rings. The normalized spacial score (nSPS) is 10.5. The number of benzene rings is 2. The summed E-state index contributed by atoms with van der Waals surface area (Å²) in [5.41, 5.74) is 2.05. The average molecular weight is 373 g/mol. The zero-order chi connectivity index (χ0) is 18.7. The molecule has 2 aromatic carbocycles. The van der Waals surface area contributed by atoms with E-state index in [1.54, 1.807) is 36.9 Å². The van der Waals surface area contributed by atoms with Gasteiger partial charge in [0.15, 0.2) is 5.69 Å². The van der Waals surface area contributed by atoms with Gasteiger partial charge < -0.3 is 14.8 Å². The summed E-state index contributed by atoms with van der Waals surface area (Å²) in [5, 5.41) is 11.3. The number of hydrogen-bond acceptors (Lipinski definition) is 5. The number of anilines is 1. The predicted molar refractivity (Wildman–Crippen MR) is 98.6 cm³/mol. The summed E-state index contributed by atoms with van der Waals surface area (Å²) in [6.07, 6.45) is 0. The van der Waals surface area contributed by atoms with Gasteiger partial charge in [-0.25, -0.2) is 4.68 Å². The third-order valence-electron chi connectivity index (χ3n) is 3.84. The molecule has 26 heavy (non-hydrogen) atoms. The number of halogens is 1. The van der Waals surface area contributed by atoms with Gasteiger partial charge in [-0.3, -0.25) is 4.79 Å². The van der Waals surface area contributed by atoms with Crippen LogP contribution in [0.15, 0.2) is 42.5 Å². The Morgan fingerprint density at radius 3 is 2.50 bits per heavy atom. The van der Waals surface area contributed by atoms with Crippen LogP contribution in [0.1, 0.15) is 16.2 Å². The second-order valence-corrected chi connectivity index (χ2v) is 5.87. The summed E-state index contributed by atoms with van der Waals surface area (Å²) in [6, 6.07) is 12.3. The molecule has 1 amide bonds.